The third-order valence-electron chi connectivity index (χ3n) is 6.41. The molecule has 2 unspecified atom stereocenters. The van der Waals surface area contributed by atoms with Crippen LogP contribution in [0.4, 0.5) is 4.79 Å². The zero-order valence-corrected chi connectivity index (χ0v) is 22.1. The van der Waals surface area contributed by atoms with E-state index in [9.17, 15) is 18.3 Å². The molecule has 0 aliphatic carbocycles. The molecule has 0 radical (unpaired) electrons. The monoisotopic (exact) mass is 536 g/mol. The van der Waals surface area contributed by atoms with Crippen molar-refractivity contribution in [2.75, 3.05) is 26.9 Å². The second-order valence-electron chi connectivity index (χ2n) is 9.33. The molecule has 1 amide bonds. The zero-order valence-electron chi connectivity index (χ0n) is 21.3. The van der Waals surface area contributed by atoms with Crippen LogP contribution in [0.25, 0.3) is 0 Å². The maximum atomic E-state index is 13.9. The summed E-state index contributed by atoms with van der Waals surface area (Å²) < 4.78 is 44.5. The van der Waals surface area contributed by atoms with Gasteiger partial charge in [-0.15, -0.1) is 0 Å². The minimum atomic E-state index is -4.06. The number of aliphatic hydroxyl groups excluding tert-OH is 1. The number of amides is 1. The van der Waals surface area contributed by atoms with E-state index in [0.717, 1.165) is 5.56 Å². The third kappa shape index (κ3) is 7.89. The molecule has 11 heteroatoms. The summed E-state index contributed by atoms with van der Waals surface area (Å²) in [6, 6.07) is 14.3. The fourth-order valence-electron chi connectivity index (χ4n) is 4.46. The Morgan fingerprint density at radius 2 is 1.73 bits per heavy atom. The molecule has 2 aromatic carbocycles. The van der Waals surface area contributed by atoms with E-state index in [1.165, 1.54) is 19.2 Å². The quantitative estimate of drug-likeness (QED) is 0.303. The second-order valence-corrected chi connectivity index (χ2v) is 11.5. The van der Waals surface area contributed by atoms with Crippen molar-refractivity contribution in [3.63, 3.8) is 0 Å². The molecule has 1 heterocycles. The van der Waals surface area contributed by atoms with Crippen molar-refractivity contribution >= 4 is 15.9 Å². The molecular weight excluding hydrogens is 500 g/mol. The van der Waals surface area contributed by atoms with Crippen LogP contribution in [0.3, 0.4) is 0 Å². The molecule has 1 fully saturated rings. The Morgan fingerprint density at radius 3 is 2.30 bits per heavy atom. The maximum Gasteiger partial charge on any atom is 0.404 e. The van der Waals surface area contributed by atoms with Crippen LogP contribution in [0.15, 0.2) is 59.5 Å². The van der Waals surface area contributed by atoms with Crippen molar-refractivity contribution in [1.29, 1.82) is 0 Å². The highest BCUT2D eigenvalue weighted by molar-refractivity contribution is 7.92. The highest BCUT2D eigenvalue weighted by Gasteiger charge is 2.45. The molecular formula is C26H36N2O8S. The van der Waals surface area contributed by atoms with Crippen LogP contribution in [-0.2, 0) is 25.7 Å². The lowest BCUT2D eigenvalue weighted by Gasteiger charge is -2.35. The highest BCUT2D eigenvalue weighted by atomic mass is 32.2. The molecule has 10 nitrogen and oxygen atoms in total. The first-order valence-electron chi connectivity index (χ1n) is 12.1. The summed E-state index contributed by atoms with van der Waals surface area (Å²) in [5, 5.41) is 25.0. The van der Waals surface area contributed by atoms with Crippen LogP contribution in [0.2, 0.25) is 0 Å². The first kappa shape index (κ1) is 28.9. The van der Waals surface area contributed by atoms with E-state index < -0.39 is 45.2 Å². The lowest BCUT2D eigenvalue weighted by atomic mass is 9.95. The number of benzene rings is 2. The number of rotatable bonds is 13. The summed E-state index contributed by atoms with van der Waals surface area (Å²) in [5.41, 5.74) is 0.887. The van der Waals surface area contributed by atoms with E-state index in [-0.39, 0.29) is 17.9 Å². The fourth-order valence-corrected chi connectivity index (χ4v) is 6.41. The van der Waals surface area contributed by atoms with Gasteiger partial charge in [-0.25, -0.2) is 13.2 Å². The number of hydrogen-bond donors (Lipinski definition) is 4. The van der Waals surface area contributed by atoms with Crippen molar-refractivity contribution < 1.29 is 37.6 Å². The van der Waals surface area contributed by atoms with Gasteiger partial charge < -0.3 is 35.1 Å². The number of methoxy groups -OCH3 is 1. The lowest BCUT2D eigenvalue weighted by Crippen LogP contribution is -2.55. The van der Waals surface area contributed by atoms with Gasteiger partial charge in [0.15, 0.2) is 15.6 Å². The number of nitrogens with one attached hydrogen (secondary N) is 2. The molecule has 4 atom stereocenters. The van der Waals surface area contributed by atoms with Gasteiger partial charge in [0.1, 0.15) is 5.75 Å². The van der Waals surface area contributed by atoms with E-state index in [1.54, 1.807) is 26.0 Å². The van der Waals surface area contributed by atoms with Crippen LogP contribution in [-0.4, -0.2) is 80.8 Å². The van der Waals surface area contributed by atoms with Crippen molar-refractivity contribution in [3.8, 4) is 5.75 Å². The van der Waals surface area contributed by atoms with E-state index in [4.69, 9.17) is 19.3 Å². The molecule has 0 saturated carbocycles. The minimum Gasteiger partial charge on any atom is -0.497 e. The molecule has 1 aliphatic heterocycles. The van der Waals surface area contributed by atoms with E-state index in [1.807, 2.05) is 30.3 Å². The van der Waals surface area contributed by atoms with Crippen LogP contribution in [0, 0.1) is 0 Å². The number of sulfone groups is 1. The average molecular weight is 537 g/mol. The predicted octanol–water partition coefficient (Wildman–Crippen LogP) is 2.21. The molecule has 4 N–H and O–H groups in total. The second kappa shape index (κ2) is 12.7. The average Bonchev–Trinajstić information content (AvgIpc) is 3.32. The molecule has 1 saturated heterocycles. The van der Waals surface area contributed by atoms with Crippen molar-refractivity contribution in [2.45, 2.75) is 60.8 Å². The summed E-state index contributed by atoms with van der Waals surface area (Å²) in [5.74, 6) is -0.673. The van der Waals surface area contributed by atoms with E-state index in [2.05, 4.69) is 10.6 Å². The predicted molar refractivity (Wildman–Crippen MR) is 137 cm³/mol. The highest BCUT2D eigenvalue weighted by Crippen LogP contribution is 2.33. The number of aliphatic hydroxyl groups is 1. The van der Waals surface area contributed by atoms with Gasteiger partial charge in [0.25, 0.3) is 0 Å². The van der Waals surface area contributed by atoms with Gasteiger partial charge >= 0.3 is 6.09 Å². The van der Waals surface area contributed by atoms with Crippen LogP contribution >= 0.6 is 0 Å². The Balaban J connectivity index is 1.97. The first-order valence-corrected chi connectivity index (χ1v) is 13.7. The molecule has 3 rings (SSSR count). The van der Waals surface area contributed by atoms with E-state index >= 15 is 0 Å². The van der Waals surface area contributed by atoms with Crippen molar-refractivity contribution in [3.05, 3.63) is 60.2 Å². The van der Waals surface area contributed by atoms with Crippen molar-refractivity contribution in [2.24, 2.45) is 0 Å². The van der Waals surface area contributed by atoms with Gasteiger partial charge in [0.2, 0.25) is 0 Å². The van der Waals surface area contributed by atoms with Gasteiger partial charge in [0, 0.05) is 25.0 Å². The standard InChI is InChI=1S/C26H36N2O8S/c1-18(17-27-25(30)31)28-22(15-19-7-5-4-6-8-19)24(29)23(16-26(2)35-13-14-36-26)37(32,33)21-11-9-20(34-3)10-12-21/h4-12,18,22-24,27-29H,13-17H2,1-3H3,(H,30,31)/t18-,22+,23?,24?/m1/s1. The van der Waals surface area contributed by atoms with Crippen LogP contribution < -0.4 is 15.4 Å². The number of hydrogen-bond acceptors (Lipinski definition) is 8. The summed E-state index contributed by atoms with van der Waals surface area (Å²) >= 11 is 0. The third-order valence-corrected chi connectivity index (χ3v) is 8.58. The van der Waals surface area contributed by atoms with Gasteiger partial charge in [-0.3, -0.25) is 0 Å². The Bertz CT molecular complexity index is 1110. The number of ether oxygens (including phenoxy) is 3. The molecule has 2 aromatic rings. The molecule has 0 bridgehead atoms. The fraction of sp³-hybridized carbons (Fsp3) is 0.500. The summed E-state index contributed by atoms with van der Waals surface area (Å²) in [6.07, 6.45) is -2.34. The molecule has 0 spiro atoms. The van der Waals surface area contributed by atoms with Crippen LogP contribution in [0.5, 0.6) is 5.75 Å². The van der Waals surface area contributed by atoms with Crippen molar-refractivity contribution in [1.82, 2.24) is 10.6 Å². The largest absolute Gasteiger partial charge is 0.497 e. The molecule has 37 heavy (non-hydrogen) atoms. The summed E-state index contributed by atoms with van der Waals surface area (Å²) in [7, 11) is -2.57. The Labute approximate surface area is 217 Å². The first-order chi connectivity index (χ1) is 17.5. The Hall–Kier alpha value is -2.70. The SMILES string of the molecule is COc1ccc(S(=O)(=O)C(CC2(C)OCCO2)C(O)[C@H](Cc2ccccc2)N[C@H](C)CNC(=O)O)cc1. The number of carbonyl (C=O) groups is 1. The van der Waals surface area contributed by atoms with E-state index in [0.29, 0.717) is 25.4 Å². The smallest absolute Gasteiger partial charge is 0.404 e. The van der Waals surface area contributed by atoms with Gasteiger partial charge in [0.05, 0.1) is 36.6 Å². The molecule has 1 aliphatic rings. The van der Waals surface area contributed by atoms with Crippen LogP contribution in [0.1, 0.15) is 25.8 Å². The maximum absolute atomic E-state index is 13.9. The number of carboxylic acid groups (broad SMARTS) is 1. The Morgan fingerprint density at radius 1 is 1.11 bits per heavy atom. The van der Waals surface area contributed by atoms with Gasteiger partial charge in [-0.05, 0) is 50.1 Å². The van der Waals surface area contributed by atoms with Gasteiger partial charge in [-0.1, -0.05) is 30.3 Å². The normalized spacial score (nSPS) is 18.5. The minimum absolute atomic E-state index is 0.0398. The summed E-state index contributed by atoms with van der Waals surface area (Å²) in [6.45, 7) is 4.16. The Kier molecular flexibility index (Phi) is 9.91. The zero-order chi connectivity index (χ0) is 27.1. The van der Waals surface area contributed by atoms with Gasteiger partial charge in [-0.2, -0.15) is 0 Å². The lowest BCUT2D eigenvalue weighted by molar-refractivity contribution is -0.150. The molecule has 204 valence electrons. The topological polar surface area (TPSA) is 143 Å². The summed E-state index contributed by atoms with van der Waals surface area (Å²) in [4.78, 5) is 11.0. The molecule has 0 aromatic heterocycles.